The van der Waals surface area contributed by atoms with Gasteiger partial charge in [0.05, 0.1) is 11.5 Å². The number of aliphatic hydroxyl groups excluding tert-OH is 2. The summed E-state index contributed by atoms with van der Waals surface area (Å²) in [5.41, 5.74) is 4.03. The minimum atomic E-state index is -0.907. The summed E-state index contributed by atoms with van der Waals surface area (Å²) in [6.07, 6.45) is -0.907. The molecule has 11 heteroatoms. The van der Waals surface area contributed by atoms with Gasteiger partial charge >= 0.3 is 0 Å². The topological polar surface area (TPSA) is 111 Å². The number of hydrogen-bond donors (Lipinski definition) is 3. The van der Waals surface area contributed by atoms with Crippen LogP contribution in [0.25, 0.3) is 0 Å². The molecule has 0 aromatic heterocycles. The van der Waals surface area contributed by atoms with E-state index in [1.54, 1.807) is 0 Å². The van der Waals surface area contributed by atoms with E-state index in [2.05, 4.69) is 5.73 Å². The van der Waals surface area contributed by atoms with Gasteiger partial charge in [-0.3, -0.25) is 10.1 Å². The molecule has 2 atom stereocenters. The number of rotatable bonds is 4. The first-order valence-electron chi connectivity index (χ1n) is 4.42. The molecule has 1 aromatic rings. The smallest absolute Gasteiger partial charge is 0.269 e. The molecule has 2 unspecified atom stereocenters. The van der Waals surface area contributed by atoms with Crippen molar-refractivity contribution in [2.45, 2.75) is 12.1 Å². The average Bonchev–Trinajstić information content (AvgIpc) is 2.27. The maximum atomic E-state index is 10.4. The zero-order valence-electron chi connectivity index (χ0n) is 9.86. The number of hydrogen-bond acceptors (Lipinski definition) is 4. The van der Waals surface area contributed by atoms with Crippen LogP contribution in [0.3, 0.4) is 0 Å². The minimum absolute atomic E-state index is 0. The van der Waals surface area contributed by atoms with Gasteiger partial charge in [0.15, 0.2) is 0 Å². The van der Waals surface area contributed by atoms with Crippen LogP contribution in [0.2, 0.25) is 0 Å². The van der Waals surface area contributed by atoms with Crippen LogP contribution in [-0.4, -0.2) is 27.8 Å². The second-order valence-electron chi connectivity index (χ2n) is 3.24. The van der Waals surface area contributed by atoms with Gasteiger partial charge in [0.2, 0.25) is 0 Å². The van der Waals surface area contributed by atoms with Crippen LogP contribution in [0.1, 0.15) is 11.7 Å². The molecule has 0 saturated heterocycles. The van der Waals surface area contributed by atoms with Crippen molar-refractivity contribution >= 4 is 5.69 Å². The van der Waals surface area contributed by atoms with Crippen LogP contribution < -0.4 is 55.4 Å². The molecule has 0 spiro atoms. The van der Waals surface area contributed by atoms with Crippen molar-refractivity contribution < 1.29 is 90.9 Å². The van der Waals surface area contributed by atoms with E-state index in [1.165, 1.54) is 24.3 Å². The minimum Gasteiger partial charge on any atom is -1.00 e. The second-order valence-corrected chi connectivity index (χ2v) is 3.24. The molecular formula is C9H13Cl4N2O4Pd-3. The molecule has 1 rings (SSSR count). The summed E-state index contributed by atoms with van der Waals surface area (Å²) in [5, 5.41) is 28.8. The number of nitrogens with zero attached hydrogens (tertiary/aromatic N) is 1. The van der Waals surface area contributed by atoms with Gasteiger partial charge in [-0.05, 0) is 17.7 Å². The number of non-ortho nitro benzene ring substituents is 1. The van der Waals surface area contributed by atoms with Crippen LogP contribution in [0, 0.1) is 10.1 Å². The molecule has 0 fully saturated rings. The Hall–Kier alpha value is 0.322. The molecule has 0 aliphatic rings. The molecule has 0 bridgehead atoms. The van der Waals surface area contributed by atoms with E-state index in [1.807, 2.05) is 0 Å². The van der Waals surface area contributed by atoms with E-state index in [0.717, 1.165) is 0 Å². The molecule has 1 aromatic carbocycles. The Kier molecular flexibility index (Phi) is 25.4. The number of quaternary nitrogens is 1. The maximum Gasteiger partial charge on any atom is 0.269 e. The summed E-state index contributed by atoms with van der Waals surface area (Å²) in [7, 11) is 0. The first-order valence-corrected chi connectivity index (χ1v) is 4.42. The summed E-state index contributed by atoms with van der Waals surface area (Å²) in [4.78, 5) is 9.85. The third kappa shape index (κ3) is 9.29. The predicted molar refractivity (Wildman–Crippen MR) is 51.8 cm³/mol. The van der Waals surface area contributed by atoms with Crippen LogP contribution in [0.15, 0.2) is 24.3 Å². The molecule has 124 valence electrons. The Labute approximate surface area is 154 Å². The van der Waals surface area contributed by atoms with E-state index in [4.69, 9.17) is 5.11 Å². The Morgan fingerprint density at radius 3 is 1.85 bits per heavy atom. The van der Waals surface area contributed by atoms with Gasteiger partial charge in [0, 0.05) is 32.6 Å². The van der Waals surface area contributed by atoms with Gasteiger partial charge in [0.25, 0.3) is 5.69 Å². The molecule has 6 nitrogen and oxygen atoms in total. The number of halogens is 4. The van der Waals surface area contributed by atoms with Gasteiger partial charge in [0.1, 0.15) is 12.1 Å². The Balaban J connectivity index is -0.000000150. The van der Waals surface area contributed by atoms with Crippen molar-refractivity contribution in [1.29, 1.82) is 0 Å². The standard InChI is InChI=1S/C9H12N2O4.4ClH.Pd/c10-8(5-12)9(13)6-1-3-7(4-2-6)11(14)15;;;;;/h1-4,8-9,12-13H,5,10H2;4*1H;/p-3. The van der Waals surface area contributed by atoms with E-state index in [-0.39, 0.29) is 82.3 Å². The molecule has 0 saturated carbocycles. The Bertz CT molecular complexity index is 358. The quantitative estimate of drug-likeness (QED) is 0.235. The molecule has 0 heterocycles. The van der Waals surface area contributed by atoms with Crippen molar-refractivity contribution in [3.05, 3.63) is 39.9 Å². The largest absolute Gasteiger partial charge is 1.00 e. The first-order chi connectivity index (χ1) is 7.06. The zero-order chi connectivity index (χ0) is 11.4. The molecule has 5 N–H and O–H groups in total. The SMILES string of the molecule is [Cl-].[Cl-].[Cl-].[Cl-].[NH3+]C(CO)C(O)c1ccc([N+](=O)[O-])cc1.[Pd]. The Morgan fingerprint density at radius 1 is 1.15 bits per heavy atom. The van der Waals surface area contributed by atoms with Gasteiger partial charge in [-0.25, -0.2) is 0 Å². The summed E-state index contributed by atoms with van der Waals surface area (Å²) >= 11 is 0. The second kappa shape index (κ2) is 15.7. The van der Waals surface area contributed by atoms with Gasteiger partial charge in [-0.2, -0.15) is 0 Å². The molecule has 0 aliphatic heterocycles. The summed E-state index contributed by atoms with van der Waals surface area (Å²) < 4.78 is 0. The van der Waals surface area contributed by atoms with E-state index in [9.17, 15) is 15.2 Å². The maximum absolute atomic E-state index is 10.4. The fraction of sp³-hybridized carbons (Fsp3) is 0.333. The van der Waals surface area contributed by atoms with Crippen LogP contribution >= 0.6 is 0 Å². The van der Waals surface area contributed by atoms with Gasteiger partial charge in [-0.1, -0.05) is 0 Å². The summed E-state index contributed by atoms with van der Waals surface area (Å²) in [6.45, 7) is -0.238. The zero-order valence-corrected chi connectivity index (χ0v) is 14.4. The van der Waals surface area contributed by atoms with E-state index in [0.29, 0.717) is 5.56 Å². The Morgan fingerprint density at radius 2 is 1.55 bits per heavy atom. The third-order valence-electron chi connectivity index (χ3n) is 2.13. The predicted octanol–water partition coefficient (Wildman–Crippen LogP) is -12.8. The fourth-order valence-corrected chi connectivity index (χ4v) is 1.17. The molecule has 20 heavy (non-hydrogen) atoms. The fourth-order valence-electron chi connectivity index (χ4n) is 1.17. The molecule has 0 radical (unpaired) electrons. The summed E-state index contributed by atoms with van der Waals surface area (Å²) in [6, 6.07) is 4.99. The normalized spacial score (nSPS) is 10.9. The van der Waals surface area contributed by atoms with Crippen LogP contribution in [-0.2, 0) is 20.4 Å². The van der Waals surface area contributed by atoms with Gasteiger partial charge < -0.3 is 65.6 Å². The monoisotopic (exact) mass is 459 g/mol. The number of nitro benzene ring substituents is 1. The van der Waals surface area contributed by atoms with E-state index >= 15 is 0 Å². The van der Waals surface area contributed by atoms with E-state index < -0.39 is 17.1 Å². The summed E-state index contributed by atoms with van der Waals surface area (Å²) in [5.74, 6) is 0. The molecule has 0 amide bonds. The average molecular weight is 461 g/mol. The van der Waals surface area contributed by atoms with Crippen LogP contribution in [0.4, 0.5) is 5.69 Å². The van der Waals surface area contributed by atoms with Crippen molar-refractivity contribution in [2.24, 2.45) is 0 Å². The van der Waals surface area contributed by atoms with Crippen molar-refractivity contribution in [3.8, 4) is 0 Å². The number of benzene rings is 1. The first kappa shape index (κ1) is 32.3. The van der Waals surface area contributed by atoms with Crippen molar-refractivity contribution in [2.75, 3.05) is 6.61 Å². The number of nitro groups is 1. The van der Waals surface area contributed by atoms with Gasteiger partial charge in [-0.15, -0.1) is 0 Å². The molecule has 0 aliphatic carbocycles. The third-order valence-corrected chi connectivity index (χ3v) is 2.13. The van der Waals surface area contributed by atoms with Crippen molar-refractivity contribution in [3.63, 3.8) is 0 Å². The molecular weight excluding hydrogens is 448 g/mol. The number of aliphatic hydroxyl groups is 2. The van der Waals surface area contributed by atoms with Crippen molar-refractivity contribution in [1.82, 2.24) is 0 Å². The van der Waals surface area contributed by atoms with Crippen LogP contribution in [0.5, 0.6) is 0 Å².